The summed E-state index contributed by atoms with van der Waals surface area (Å²) >= 11 is 0. The van der Waals surface area contributed by atoms with Crippen molar-refractivity contribution in [1.29, 1.82) is 0 Å². The molecule has 1 atom stereocenters. The Morgan fingerprint density at radius 2 is 2.06 bits per heavy atom. The molecule has 3 rings (SSSR count). The molecule has 1 unspecified atom stereocenters. The Bertz CT molecular complexity index is 429. The molecular formula is C14H21N3O. The lowest BCUT2D eigenvalue weighted by molar-refractivity contribution is 0.275. The molecule has 0 saturated carbocycles. The van der Waals surface area contributed by atoms with Crippen LogP contribution in [0.15, 0.2) is 18.2 Å². The summed E-state index contributed by atoms with van der Waals surface area (Å²) in [5, 5.41) is 3.38. The SMILES string of the molecule is CC1COc2cc(N3CCNCC3)ccc2N1C. The molecule has 2 aliphatic heterocycles. The van der Waals surface area contributed by atoms with Crippen LogP contribution in [0.3, 0.4) is 0 Å². The number of fused-ring (bicyclic) bond motifs is 1. The molecule has 2 aliphatic rings. The van der Waals surface area contributed by atoms with E-state index in [1.54, 1.807) is 0 Å². The van der Waals surface area contributed by atoms with Gasteiger partial charge in [0.25, 0.3) is 0 Å². The van der Waals surface area contributed by atoms with Crippen LogP contribution in [-0.4, -0.2) is 45.9 Å². The molecule has 1 aromatic carbocycles. The van der Waals surface area contributed by atoms with E-state index in [2.05, 4.69) is 47.3 Å². The molecule has 0 radical (unpaired) electrons. The number of anilines is 2. The number of piperazine rings is 1. The maximum Gasteiger partial charge on any atom is 0.144 e. The molecule has 0 bridgehead atoms. The average molecular weight is 247 g/mol. The number of nitrogens with one attached hydrogen (secondary N) is 1. The summed E-state index contributed by atoms with van der Waals surface area (Å²) in [6.07, 6.45) is 0. The standard InChI is InChI=1S/C14H21N3O/c1-11-10-18-14-9-12(3-4-13(14)16(11)2)17-7-5-15-6-8-17/h3-4,9,11,15H,5-8,10H2,1-2H3. The zero-order valence-corrected chi connectivity index (χ0v) is 11.1. The molecule has 4 nitrogen and oxygen atoms in total. The molecule has 2 heterocycles. The number of nitrogens with zero attached hydrogens (tertiary/aromatic N) is 2. The topological polar surface area (TPSA) is 27.7 Å². The lowest BCUT2D eigenvalue weighted by Crippen LogP contribution is -2.43. The van der Waals surface area contributed by atoms with Crippen LogP contribution in [0, 0.1) is 0 Å². The molecule has 1 N–H and O–H groups in total. The van der Waals surface area contributed by atoms with Crippen LogP contribution in [0.5, 0.6) is 5.75 Å². The highest BCUT2D eigenvalue weighted by Gasteiger charge is 2.22. The summed E-state index contributed by atoms with van der Waals surface area (Å²) in [4.78, 5) is 4.71. The first-order valence-electron chi connectivity index (χ1n) is 6.71. The molecule has 1 aromatic rings. The van der Waals surface area contributed by atoms with E-state index in [9.17, 15) is 0 Å². The fraction of sp³-hybridized carbons (Fsp3) is 0.571. The van der Waals surface area contributed by atoms with Gasteiger partial charge in [-0.1, -0.05) is 0 Å². The fourth-order valence-electron chi connectivity index (χ4n) is 2.59. The molecule has 0 amide bonds. The monoisotopic (exact) mass is 247 g/mol. The Labute approximate surface area is 109 Å². The third kappa shape index (κ3) is 2.01. The van der Waals surface area contributed by atoms with Crippen LogP contribution in [0.2, 0.25) is 0 Å². The van der Waals surface area contributed by atoms with Crippen LogP contribution in [-0.2, 0) is 0 Å². The smallest absolute Gasteiger partial charge is 0.144 e. The van der Waals surface area contributed by atoms with E-state index in [1.165, 1.54) is 11.4 Å². The van der Waals surface area contributed by atoms with Crippen LogP contribution >= 0.6 is 0 Å². The summed E-state index contributed by atoms with van der Waals surface area (Å²) in [7, 11) is 2.14. The number of benzene rings is 1. The summed E-state index contributed by atoms with van der Waals surface area (Å²) in [6, 6.07) is 7.02. The molecule has 0 aromatic heterocycles. The van der Waals surface area contributed by atoms with Crippen molar-refractivity contribution < 1.29 is 4.74 Å². The Kier molecular flexibility index (Phi) is 3.04. The minimum atomic E-state index is 0.447. The van der Waals surface area contributed by atoms with Crippen LogP contribution in [0.1, 0.15) is 6.92 Å². The fourth-order valence-corrected chi connectivity index (χ4v) is 2.59. The zero-order chi connectivity index (χ0) is 12.5. The summed E-state index contributed by atoms with van der Waals surface area (Å²) < 4.78 is 5.85. The largest absolute Gasteiger partial charge is 0.489 e. The van der Waals surface area contributed by atoms with Gasteiger partial charge in [0.15, 0.2) is 0 Å². The highest BCUT2D eigenvalue weighted by Crippen LogP contribution is 2.36. The van der Waals surface area contributed by atoms with Crippen LogP contribution in [0.4, 0.5) is 11.4 Å². The van der Waals surface area contributed by atoms with Crippen molar-refractivity contribution >= 4 is 11.4 Å². The highest BCUT2D eigenvalue weighted by molar-refractivity contribution is 5.67. The molecule has 4 heteroatoms. The number of rotatable bonds is 1. The van der Waals surface area contributed by atoms with Crippen molar-refractivity contribution in [1.82, 2.24) is 5.32 Å². The quantitative estimate of drug-likeness (QED) is 0.810. The molecule has 0 spiro atoms. The number of hydrogen-bond donors (Lipinski definition) is 1. The Morgan fingerprint density at radius 1 is 1.28 bits per heavy atom. The van der Waals surface area contributed by atoms with Crippen molar-refractivity contribution in [2.75, 3.05) is 49.6 Å². The second kappa shape index (κ2) is 4.69. The maximum atomic E-state index is 5.85. The van der Waals surface area contributed by atoms with E-state index in [1.807, 2.05) is 0 Å². The van der Waals surface area contributed by atoms with Crippen LogP contribution < -0.4 is 19.9 Å². The second-order valence-corrected chi connectivity index (χ2v) is 5.16. The average Bonchev–Trinajstić information content (AvgIpc) is 2.44. The highest BCUT2D eigenvalue weighted by atomic mass is 16.5. The van der Waals surface area contributed by atoms with Crippen molar-refractivity contribution in [2.45, 2.75) is 13.0 Å². The summed E-state index contributed by atoms with van der Waals surface area (Å²) in [5.74, 6) is 1.02. The van der Waals surface area contributed by atoms with Crippen molar-refractivity contribution in [3.05, 3.63) is 18.2 Å². The van der Waals surface area contributed by atoms with Gasteiger partial charge in [-0.3, -0.25) is 0 Å². The van der Waals surface area contributed by atoms with E-state index < -0.39 is 0 Å². The van der Waals surface area contributed by atoms with Crippen molar-refractivity contribution in [3.63, 3.8) is 0 Å². The van der Waals surface area contributed by atoms with Gasteiger partial charge >= 0.3 is 0 Å². The molecule has 1 saturated heterocycles. The van der Waals surface area contributed by atoms with Crippen LogP contribution in [0.25, 0.3) is 0 Å². The zero-order valence-electron chi connectivity index (χ0n) is 11.1. The predicted octanol–water partition coefficient (Wildman–Crippen LogP) is 1.31. The van der Waals surface area contributed by atoms with E-state index >= 15 is 0 Å². The molecule has 1 fully saturated rings. The normalized spacial score (nSPS) is 23.6. The first-order chi connectivity index (χ1) is 8.75. The molecule has 0 aliphatic carbocycles. The van der Waals surface area contributed by atoms with Gasteiger partial charge < -0.3 is 19.9 Å². The van der Waals surface area contributed by atoms with Gasteiger partial charge in [-0.25, -0.2) is 0 Å². The Hall–Kier alpha value is -1.42. The van der Waals surface area contributed by atoms with Gasteiger partial charge in [0.05, 0.1) is 11.7 Å². The lowest BCUT2D eigenvalue weighted by Gasteiger charge is -2.35. The first kappa shape index (κ1) is 11.7. The van der Waals surface area contributed by atoms with Gasteiger partial charge in [-0.15, -0.1) is 0 Å². The maximum absolute atomic E-state index is 5.85. The van der Waals surface area contributed by atoms with Crippen molar-refractivity contribution in [3.8, 4) is 5.75 Å². The van der Waals surface area contributed by atoms with Gasteiger partial charge in [-0.2, -0.15) is 0 Å². The lowest BCUT2D eigenvalue weighted by atomic mass is 10.1. The first-order valence-corrected chi connectivity index (χ1v) is 6.71. The molecular weight excluding hydrogens is 226 g/mol. The van der Waals surface area contributed by atoms with E-state index in [4.69, 9.17) is 4.74 Å². The molecule has 98 valence electrons. The minimum absolute atomic E-state index is 0.447. The van der Waals surface area contributed by atoms with E-state index in [-0.39, 0.29) is 0 Å². The van der Waals surface area contributed by atoms with E-state index in [0.29, 0.717) is 6.04 Å². The summed E-state index contributed by atoms with van der Waals surface area (Å²) in [5.41, 5.74) is 2.48. The predicted molar refractivity (Wildman–Crippen MR) is 74.9 cm³/mol. The Morgan fingerprint density at radius 3 is 2.83 bits per heavy atom. The van der Waals surface area contributed by atoms with Gasteiger partial charge in [-0.05, 0) is 19.1 Å². The Balaban J connectivity index is 1.86. The third-order valence-electron chi connectivity index (χ3n) is 3.95. The number of likely N-dealkylation sites (N-methyl/N-ethyl adjacent to an activating group) is 1. The third-order valence-corrected chi connectivity index (χ3v) is 3.95. The van der Waals surface area contributed by atoms with Gasteiger partial charge in [0.2, 0.25) is 0 Å². The van der Waals surface area contributed by atoms with E-state index in [0.717, 1.165) is 38.5 Å². The summed E-state index contributed by atoms with van der Waals surface area (Å²) in [6.45, 7) is 7.24. The van der Waals surface area contributed by atoms with Crippen molar-refractivity contribution in [2.24, 2.45) is 0 Å². The minimum Gasteiger partial charge on any atom is -0.489 e. The van der Waals surface area contributed by atoms with Gasteiger partial charge in [0.1, 0.15) is 12.4 Å². The number of ether oxygens (including phenoxy) is 1. The second-order valence-electron chi connectivity index (χ2n) is 5.16. The van der Waals surface area contributed by atoms with Gasteiger partial charge in [0, 0.05) is 45.0 Å². The molecule has 18 heavy (non-hydrogen) atoms. The number of hydrogen-bond acceptors (Lipinski definition) is 4.